The van der Waals surface area contributed by atoms with E-state index >= 15 is 0 Å². The highest BCUT2D eigenvalue weighted by Gasteiger charge is 2.15. The minimum atomic E-state index is 0.154. The maximum Gasteiger partial charge on any atom is 0.162 e. The van der Waals surface area contributed by atoms with E-state index in [0.717, 1.165) is 39.1 Å². The molecule has 0 saturated carbocycles. The number of ketones is 1. The van der Waals surface area contributed by atoms with Crippen molar-refractivity contribution in [1.29, 1.82) is 0 Å². The monoisotopic (exact) mass is 336 g/mol. The average Bonchev–Trinajstić information content (AvgIpc) is 3.02. The number of aliphatic hydroxyl groups excluding tert-OH is 1. The molecule has 0 amide bonds. The van der Waals surface area contributed by atoms with E-state index in [4.69, 9.17) is 5.11 Å². The van der Waals surface area contributed by atoms with Crippen LogP contribution in [0, 0.1) is 5.92 Å². The van der Waals surface area contributed by atoms with Gasteiger partial charge in [-0.05, 0) is 45.1 Å². The van der Waals surface area contributed by atoms with Gasteiger partial charge < -0.3 is 9.90 Å². The summed E-state index contributed by atoms with van der Waals surface area (Å²) >= 11 is 0. The van der Waals surface area contributed by atoms with Gasteiger partial charge in [-0.2, -0.15) is 0 Å². The molecule has 0 saturated heterocycles. The zero-order valence-electron chi connectivity index (χ0n) is 15.7. The van der Waals surface area contributed by atoms with E-state index in [9.17, 15) is 9.59 Å². The topological polar surface area (TPSA) is 54.4 Å². The van der Waals surface area contributed by atoms with Crippen LogP contribution in [0.3, 0.4) is 0 Å². The van der Waals surface area contributed by atoms with Crippen molar-refractivity contribution in [1.82, 2.24) is 0 Å². The lowest BCUT2D eigenvalue weighted by molar-refractivity contribution is -0.116. The Morgan fingerprint density at radius 3 is 2.33 bits per heavy atom. The minimum Gasteiger partial charge on any atom is -0.400 e. The predicted molar refractivity (Wildman–Crippen MR) is 103 cm³/mol. The molecule has 3 nitrogen and oxygen atoms in total. The number of aliphatic hydroxyl groups is 1. The van der Waals surface area contributed by atoms with Crippen LogP contribution in [0.15, 0.2) is 36.5 Å². The van der Waals surface area contributed by atoms with E-state index in [-0.39, 0.29) is 11.7 Å². The van der Waals surface area contributed by atoms with Gasteiger partial charge in [-0.25, -0.2) is 0 Å². The lowest BCUT2D eigenvalue weighted by Gasteiger charge is -1.99. The SMILES string of the molecule is C/C=C\CCCC=O.CCCCCC/C=C/C1CC=CC1=O.CO. The summed E-state index contributed by atoms with van der Waals surface area (Å²) < 4.78 is 0. The standard InChI is InChI=1S/C13H20O.C7H12O.CH4O/c1-2-3-4-5-6-7-9-12-10-8-11-13(12)14;1-2-3-4-5-6-7-8;1-2/h7-9,11-12H,2-6,10H2,1H3;2-3,7H,4-6H2,1H3;2H,1H3/b9-7+;3-2-;. The summed E-state index contributed by atoms with van der Waals surface area (Å²) in [5.41, 5.74) is 0. The second-order valence-corrected chi connectivity index (χ2v) is 5.59. The Hall–Kier alpha value is -1.48. The number of rotatable bonds is 10. The van der Waals surface area contributed by atoms with Crippen molar-refractivity contribution in [2.24, 2.45) is 5.92 Å². The fourth-order valence-corrected chi connectivity index (χ4v) is 2.18. The van der Waals surface area contributed by atoms with Gasteiger partial charge in [0.2, 0.25) is 0 Å². The first-order valence-corrected chi connectivity index (χ1v) is 9.12. The third kappa shape index (κ3) is 16.9. The van der Waals surface area contributed by atoms with Crippen LogP contribution in [0.25, 0.3) is 0 Å². The molecule has 1 aliphatic rings. The smallest absolute Gasteiger partial charge is 0.162 e. The molecule has 24 heavy (non-hydrogen) atoms. The molecule has 0 aromatic carbocycles. The number of aldehydes is 1. The van der Waals surface area contributed by atoms with Crippen molar-refractivity contribution in [2.45, 2.75) is 71.6 Å². The van der Waals surface area contributed by atoms with Crippen molar-refractivity contribution < 1.29 is 14.7 Å². The summed E-state index contributed by atoms with van der Waals surface area (Å²) in [6.07, 6.45) is 22.9. The molecule has 3 heteroatoms. The van der Waals surface area contributed by atoms with Gasteiger partial charge in [-0.3, -0.25) is 4.79 Å². The molecule has 1 rings (SSSR count). The van der Waals surface area contributed by atoms with Gasteiger partial charge in [0.25, 0.3) is 0 Å². The van der Waals surface area contributed by atoms with Crippen LogP contribution in [0.1, 0.15) is 71.6 Å². The molecule has 0 heterocycles. The largest absolute Gasteiger partial charge is 0.400 e. The third-order valence-electron chi connectivity index (χ3n) is 3.56. The van der Waals surface area contributed by atoms with Gasteiger partial charge in [0, 0.05) is 19.4 Å². The van der Waals surface area contributed by atoms with Crippen LogP contribution in [0.5, 0.6) is 0 Å². The van der Waals surface area contributed by atoms with E-state index in [1.807, 2.05) is 19.1 Å². The van der Waals surface area contributed by atoms with Gasteiger partial charge in [-0.1, -0.05) is 56.6 Å². The van der Waals surface area contributed by atoms with Gasteiger partial charge in [0.15, 0.2) is 5.78 Å². The molecule has 138 valence electrons. The molecule has 0 aromatic heterocycles. The summed E-state index contributed by atoms with van der Waals surface area (Å²) in [7, 11) is 1.00. The minimum absolute atomic E-state index is 0.154. The number of carbonyl (C=O) groups excluding carboxylic acids is 2. The summed E-state index contributed by atoms with van der Waals surface area (Å²) in [6.45, 7) is 4.21. The lowest BCUT2D eigenvalue weighted by atomic mass is 10.0. The number of unbranched alkanes of at least 4 members (excludes halogenated alkanes) is 6. The second-order valence-electron chi connectivity index (χ2n) is 5.59. The molecule has 1 atom stereocenters. The van der Waals surface area contributed by atoms with Crippen LogP contribution in [-0.4, -0.2) is 24.3 Å². The molecule has 0 radical (unpaired) electrons. The first-order valence-electron chi connectivity index (χ1n) is 9.12. The van der Waals surface area contributed by atoms with E-state index in [1.54, 1.807) is 6.08 Å². The van der Waals surface area contributed by atoms with E-state index in [0.29, 0.717) is 6.42 Å². The molecule has 0 spiro atoms. The molecule has 0 aliphatic heterocycles. The number of carbonyl (C=O) groups is 2. The molecular weight excluding hydrogens is 300 g/mol. The Bertz CT molecular complexity index is 367. The predicted octanol–water partition coefficient (Wildman–Crippen LogP) is 5.20. The second kappa shape index (κ2) is 21.5. The van der Waals surface area contributed by atoms with Crippen LogP contribution in [0.4, 0.5) is 0 Å². The van der Waals surface area contributed by atoms with Gasteiger partial charge >= 0.3 is 0 Å². The quantitative estimate of drug-likeness (QED) is 0.339. The molecule has 0 fully saturated rings. The van der Waals surface area contributed by atoms with Crippen LogP contribution < -0.4 is 0 Å². The Labute approximate surface area is 148 Å². The van der Waals surface area contributed by atoms with Crippen molar-refractivity contribution in [2.75, 3.05) is 7.11 Å². The molecular formula is C21H36O3. The highest BCUT2D eigenvalue weighted by Crippen LogP contribution is 2.16. The zero-order chi connectivity index (χ0) is 18.5. The fraction of sp³-hybridized carbons (Fsp3) is 0.619. The zero-order valence-corrected chi connectivity index (χ0v) is 15.7. The number of allylic oxidation sites excluding steroid dienone is 6. The molecule has 1 aliphatic carbocycles. The van der Waals surface area contributed by atoms with Crippen LogP contribution in [-0.2, 0) is 9.59 Å². The Kier molecular flexibility index (Phi) is 22.2. The van der Waals surface area contributed by atoms with Gasteiger partial charge in [-0.15, -0.1) is 0 Å². The van der Waals surface area contributed by atoms with Crippen molar-refractivity contribution in [3.63, 3.8) is 0 Å². The highest BCUT2D eigenvalue weighted by atomic mass is 16.2. The fourth-order valence-electron chi connectivity index (χ4n) is 2.18. The average molecular weight is 337 g/mol. The summed E-state index contributed by atoms with van der Waals surface area (Å²) in [5.74, 6) is 0.427. The van der Waals surface area contributed by atoms with Crippen LogP contribution >= 0.6 is 0 Å². The van der Waals surface area contributed by atoms with E-state index < -0.39 is 0 Å². The Balaban J connectivity index is 0. The maximum absolute atomic E-state index is 11.2. The Morgan fingerprint density at radius 1 is 1.08 bits per heavy atom. The highest BCUT2D eigenvalue weighted by molar-refractivity contribution is 5.95. The molecule has 0 aromatic rings. The number of hydrogen-bond acceptors (Lipinski definition) is 3. The lowest BCUT2D eigenvalue weighted by Crippen LogP contribution is -2.01. The van der Waals surface area contributed by atoms with Gasteiger partial charge in [0.05, 0.1) is 0 Å². The van der Waals surface area contributed by atoms with E-state index in [1.165, 1.54) is 25.7 Å². The van der Waals surface area contributed by atoms with Crippen molar-refractivity contribution in [3.8, 4) is 0 Å². The van der Waals surface area contributed by atoms with Crippen LogP contribution in [0.2, 0.25) is 0 Å². The van der Waals surface area contributed by atoms with Gasteiger partial charge in [0.1, 0.15) is 6.29 Å². The molecule has 1 unspecified atom stereocenters. The molecule has 1 N–H and O–H groups in total. The summed E-state index contributed by atoms with van der Waals surface area (Å²) in [6, 6.07) is 0. The number of hydrogen-bond donors (Lipinski definition) is 1. The first kappa shape index (κ1) is 24.8. The van der Waals surface area contributed by atoms with Crippen molar-refractivity contribution in [3.05, 3.63) is 36.5 Å². The summed E-state index contributed by atoms with van der Waals surface area (Å²) in [5, 5.41) is 7.00. The normalized spacial score (nSPS) is 16.0. The maximum atomic E-state index is 11.2. The summed E-state index contributed by atoms with van der Waals surface area (Å²) in [4.78, 5) is 20.9. The third-order valence-corrected chi connectivity index (χ3v) is 3.56. The Morgan fingerprint density at radius 2 is 1.79 bits per heavy atom. The van der Waals surface area contributed by atoms with Crippen molar-refractivity contribution >= 4 is 12.1 Å². The first-order chi connectivity index (χ1) is 11.8. The van der Waals surface area contributed by atoms with E-state index in [2.05, 4.69) is 25.2 Å². The molecule has 0 bridgehead atoms.